The number of hydrogen-bond acceptors (Lipinski definition) is 2. The molecule has 0 spiro atoms. The Morgan fingerprint density at radius 1 is 1.10 bits per heavy atom. The van der Waals surface area contributed by atoms with Gasteiger partial charge in [0.1, 0.15) is 11.3 Å². The monoisotopic (exact) mass is 277 g/mol. The number of hydrogen-bond donors (Lipinski definition) is 0. The summed E-state index contributed by atoms with van der Waals surface area (Å²) in [6.07, 6.45) is 0. The van der Waals surface area contributed by atoms with Gasteiger partial charge in [-0.1, -0.05) is 36.4 Å². The molecule has 0 radical (unpaired) electrons. The highest BCUT2D eigenvalue weighted by atomic mass is 16.3. The summed E-state index contributed by atoms with van der Waals surface area (Å²) in [5.74, 6) is 1.40. The van der Waals surface area contributed by atoms with E-state index in [-0.39, 0.29) is 0 Å². The first-order valence-electron chi connectivity index (χ1n) is 7.48. The fourth-order valence-electron chi connectivity index (χ4n) is 3.43. The molecule has 0 amide bonds. The van der Waals surface area contributed by atoms with Crippen molar-refractivity contribution in [3.63, 3.8) is 0 Å². The van der Waals surface area contributed by atoms with Crippen LogP contribution in [0.2, 0.25) is 0 Å². The van der Waals surface area contributed by atoms with Crippen LogP contribution in [0.4, 0.5) is 0 Å². The second kappa shape index (κ2) is 4.74. The Morgan fingerprint density at radius 3 is 2.81 bits per heavy atom. The van der Waals surface area contributed by atoms with Gasteiger partial charge >= 0.3 is 0 Å². The van der Waals surface area contributed by atoms with Gasteiger partial charge in [0.2, 0.25) is 0 Å². The van der Waals surface area contributed by atoms with Gasteiger partial charge in [0.25, 0.3) is 0 Å². The highest BCUT2D eigenvalue weighted by Crippen LogP contribution is 2.36. The molecule has 1 aliphatic rings. The van der Waals surface area contributed by atoms with Crippen molar-refractivity contribution in [3.05, 3.63) is 71.0 Å². The number of aryl methyl sites for hydroxylation is 1. The number of benzene rings is 2. The molecule has 0 saturated heterocycles. The van der Waals surface area contributed by atoms with E-state index in [1.807, 2.05) is 12.1 Å². The van der Waals surface area contributed by atoms with Crippen molar-refractivity contribution >= 4 is 11.0 Å². The van der Waals surface area contributed by atoms with E-state index < -0.39 is 0 Å². The average molecular weight is 277 g/mol. The molecule has 4 rings (SSSR count). The molecule has 2 nitrogen and oxygen atoms in total. The SMILES string of the molecule is Cc1cccc2c1CN(C)CC2c1cc2ccccc2o1. The van der Waals surface area contributed by atoms with Crippen LogP contribution < -0.4 is 0 Å². The van der Waals surface area contributed by atoms with Crippen LogP contribution in [0, 0.1) is 6.92 Å². The number of nitrogens with zero attached hydrogens (tertiary/aromatic N) is 1. The first-order chi connectivity index (χ1) is 10.2. The molecule has 0 saturated carbocycles. The van der Waals surface area contributed by atoms with Crippen molar-refractivity contribution in [1.82, 2.24) is 4.90 Å². The van der Waals surface area contributed by atoms with Crippen LogP contribution in [0.5, 0.6) is 0 Å². The fraction of sp³-hybridized carbons (Fsp3) is 0.263. The van der Waals surface area contributed by atoms with Crippen molar-refractivity contribution < 1.29 is 4.42 Å². The molecule has 0 fully saturated rings. The van der Waals surface area contributed by atoms with Gasteiger partial charge in [0.15, 0.2) is 0 Å². The lowest BCUT2D eigenvalue weighted by Gasteiger charge is -2.32. The number of furan rings is 1. The van der Waals surface area contributed by atoms with Crippen LogP contribution in [0.25, 0.3) is 11.0 Å². The van der Waals surface area contributed by atoms with Gasteiger partial charge in [-0.2, -0.15) is 0 Å². The smallest absolute Gasteiger partial charge is 0.134 e. The summed E-state index contributed by atoms with van der Waals surface area (Å²) < 4.78 is 6.13. The van der Waals surface area contributed by atoms with E-state index in [2.05, 4.69) is 55.3 Å². The Kier molecular flexibility index (Phi) is 2.86. The third-order valence-corrected chi connectivity index (χ3v) is 4.53. The molecule has 1 unspecified atom stereocenters. The standard InChI is InChI=1S/C19H19NO/c1-13-6-5-8-15-16(13)11-20(2)12-17(15)19-10-14-7-3-4-9-18(14)21-19/h3-10,17H,11-12H2,1-2H3. The molecule has 0 aliphatic carbocycles. The summed E-state index contributed by atoms with van der Waals surface area (Å²) >= 11 is 0. The maximum Gasteiger partial charge on any atom is 0.134 e. The quantitative estimate of drug-likeness (QED) is 0.658. The Morgan fingerprint density at radius 2 is 1.95 bits per heavy atom. The largest absolute Gasteiger partial charge is 0.460 e. The predicted octanol–water partition coefficient (Wildman–Crippen LogP) is 4.32. The van der Waals surface area contributed by atoms with E-state index in [4.69, 9.17) is 4.42 Å². The van der Waals surface area contributed by atoms with Gasteiger partial charge in [-0.05, 0) is 42.8 Å². The molecule has 106 valence electrons. The molecule has 3 aromatic rings. The minimum atomic E-state index is 0.325. The zero-order chi connectivity index (χ0) is 14.4. The third-order valence-electron chi connectivity index (χ3n) is 4.53. The first-order valence-corrected chi connectivity index (χ1v) is 7.48. The molecule has 2 heteroatoms. The van der Waals surface area contributed by atoms with Gasteiger partial charge in [-0.3, -0.25) is 0 Å². The second-order valence-corrected chi connectivity index (χ2v) is 6.08. The number of fused-ring (bicyclic) bond motifs is 2. The molecule has 0 bridgehead atoms. The Labute approximate surface area is 125 Å². The van der Waals surface area contributed by atoms with Crippen molar-refractivity contribution in [1.29, 1.82) is 0 Å². The average Bonchev–Trinajstić information content (AvgIpc) is 2.91. The minimum Gasteiger partial charge on any atom is -0.460 e. The lowest BCUT2D eigenvalue weighted by atomic mass is 9.86. The Bertz CT molecular complexity index is 769. The molecular formula is C19H19NO. The van der Waals surface area contributed by atoms with Crippen LogP contribution in [-0.2, 0) is 6.54 Å². The zero-order valence-corrected chi connectivity index (χ0v) is 12.5. The van der Waals surface area contributed by atoms with E-state index in [0.717, 1.165) is 24.4 Å². The number of para-hydroxylation sites is 1. The molecule has 2 aromatic carbocycles. The van der Waals surface area contributed by atoms with Gasteiger partial charge in [0.05, 0.1) is 5.92 Å². The molecule has 21 heavy (non-hydrogen) atoms. The van der Waals surface area contributed by atoms with Crippen molar-refractivity contribution in [3.8, 4) is 0 Å². The normalized spacial score (nSPS) is 18.9. The third kappa shape index (κ3) is 2.07. The van der Waals surface area contributed by atoms with E-state index in [1.165, 1.54) is 22.1 Å². The maximum atomic E-state index is 6.13. The van der Waals surface area contributed by atoms with Crippen molar-refractivity contribution in [2.24, 2.45) is 0 Å². The maximum absolute atomic E-state index is 6.13. The molecule has 0 N–H and O–H groups in total. The topological polar surface area (TPSA) is 16.4 Å². The molecule has 2 heterocycles. The number of rotatable bonds is 1. The van der Waals surface area contributed by atoms with E-state index >= 15 is 0 Å². The molecule has 1 aromatic heterocycles. The van der Waals surface area contributed by atoms with Gasteiger partial charge in [-0.15, -0.1) is 0 Å². The second-order valence-electron chi connectivity index (χ2n) is 6.08. The summed E-state index contributed by atoms with van der Waals surface area (Å²) in [6, 6.07) is 17.1. The van der Waals surface area contributed by atoms with Crippen LogP contribution in [0.15, 0.2) is 52.9 Å². The Hall–Kier alpha value is -2.06. The van der Waals surface area contributed by atoms with Crippen LogP contribution in [0.3, 0.4) is 0 Å². The number of likely N-dealkylation sites (N-methyl/N-ethyl adjacent to an activating group) is 1. The lowest BCUT2D eigenvalue weighted by Crippen LogP contribution is -2.31. The van der Waals surface area contributed by atoms with Crippen LogP contribution in [-0.4, -0.2) is 18.5 Å². The summed E-state index contributed by atoms with van der Waals surface area (Å²) in [5, 5.41) is 1.19. The molecule has 1 atom stereocenters. The summed E-state index contributed by atoms with van der Waals surface area (Å²) in [5.41, 5.74) is 5.24. The predicted molar refractivity (Wildman–Crippen MR) is 85.6 cm³/mol. The van der Waals surface area contributed by atoms with E-state index in [9.17, 15) is 0 Å². The minimum absolute atomic E-state index is 0.325. The van der Waals surface area contributed by atoms with Crippen molar-refractivity contribution in [2.45, 2.75) is 19.4 Å². The zero-order valence-electron chi connectivity index (χ0n) is 12.5. The van der Waals surface area contributed by atoms with Crippen molar-refractivity contribution in [2.75, 3.05) is 13.6 Å². The summed E-state index contributed by atoms with van der Waals surface area (Å²) in [6.45, 7) is 4.24. The van der Waals surface area contributed by atoms with Gasteiger partial charge in [0, 0.05) is 18.5 Å². The molecular weight excluding hydrogens is 258 g/mol. The molecule has 1 aliphatic heterocycles. The lowest BCUT2D eigenvalue weighted by molar-refractivity contribution is 0.281. The van der Waals surface area contributed by atoms with E-state index in [1.54, 1.807) is 0 Å². The fourth-order valence-corrected chi connectivity index (χ4v) is 3.43. The van der Waals surface area contributed by atoms with E-state index in [0.29, 0.717) is 5.92 Å². The summed E-state index contributed by atoms with van der Waals surface area (Å²) in [4.78, 5) is 2.38. The van der Waals surface area contributed by atoms with Crippen LogP contribution in [0.1, 0.15) is 28.4 Å². The van der Waals surface area contributed by atoms with Gasteiger partial charge < -0.3 is 9.32 Å². The Balaban J connectivity index is 1.87. The summed E-state index contributed by atoms with van der Waals surface area (Å²) in [7, 11) is 2.19. The van der Waals surface area contributed by atoms with Crippen LogP contribution >= 0.6 is 0 Å². The highest BCUT2D eigenvalue weighted by molar-refractivity contribution is 5.78. The van der Waals surface area contributed by atoms with Gasteiger partial charge in [-0.25, -0.2) is 0 Å². The highest BCUT2D eigenvalue weighted by Gasteiger charge is 2.28. The first kappa shape index (κ1) is 12.7.